The Kier molecular flexibility index (Phi) is 5.54. The van der Waals surface area contributed by atoms with Gasteiger partial charge >= 0.3 is 5.97 Å². The topological polar surface area (TPSA) is 72.9 Å². The first kappa shape index (κ1) is 20.3. The lowest BCUT2D eigenvalue weighted by Gasteiger charge is -2.15. The number of hydrogen-bond acceptors (Lipinski definition) is 5. The van der Waals surface area contributed by atoms with Crippen LogP contribution in [0.5, 0.6) is 11.5 Å². The fourth-order valence-electron chi connectivity index (χ4n) is 3.36. The van der Waals surface area contributed by atoms with E-state index in [1.54, 1.807) is 42.5 Å². The van der Waals surface area contributed by atoms with E-state index < -0.39 is 17.8 Å². The number of hydrogen-bond donors (Lipinski definition) is 0. The zero-order chi connectivity index (χ0) is 22.0. The van der Waals surface area contributed by atoms with Crippen molar-refractivity contribution in [3.8, 4) is 11.5 Å². The molecule has 0 spiro atoms. The minimum Gasteiger partial charge on any atom is -0.482 e. The van der Waals surface area contributed by atoms with Gasteiger partial charge in [0.25, 0.3) is 11.8 Å². The summed E-state index contributed by atoms with van der Waals surface area (Å²) in [6.07, 6.45) is 0. The van der Waals surface area contributed by atoms with Gasteiger partial charge in [0.05, 0.1) is 16.8 Å². The molecule has 0 saturated carbocycles. The maximum absolute atomic E-state index is 12.6. The van der Waals surface area contributed by atoms with Gasteiger partial charge in [0.1, 0.15) is 11.5 Å². The molecule has 0 radical (unpaired) electrons. The highest BCUT2D eigenvalue weighted by Gasteiger charge is 2.36. The summed E-state index contributed by atoms with van der Waals surface area (Å²) in [5, 5.41) is 0. The van der Waals surface area contributed by atoms with E-state index in [9.17, 15) is 14.4 Å². The van der Waals surface area contributed by atoms with Gasteiger partial charge < -0.3 is 9.47 Å². The maximum Gasteiger partial charge on any atom is 0.349 e. The third-order valence-corrected chi connectivity index (χ3v) is 5.01. The second-order valence-electron chi connectivity index (χ2n) is 7.48. The van der Waals surface area contributed by atoms with Crippen LogP contribution in [0.1, 0.15) is 46.0 Å². The number of benzene rings is 3. The first-order valence-electron chi connectivity index (χ1n) is 9.95. The fourth-order valence-corrected chi connectivity index (χ4v) is 3.36. The number of ether oxygens (including phenoxy) is 2. The molecule has 0 N–H and O–H groups in total. The molecule has 0 unspecified atom stereocenters. The van der Waals surface area contributed by atoms with Crippen molar-refractivity contribution in [2.24, 2.45) is 0 Å². The third-order valence-electron chi connectivity index (χ3n) is 5.01. The molecule has 6 heteroatoms. The van der Waals surface area contributed by atoms with Crippen LogP contribution in [-0.4, -0.2) is 24.4 Å². The van der Waals surface area contributed by atoms with Crippen molar-refractivity contribution in [3.05, 3.63) is 89.5 Å². The largest absolute Gasteiger partial charge is 0.482 e. The third kappa shape index (κ3) is 4.19. The number of anilines is 1. The Morgan fingerprint density at radius 2 is 1.48 bits per heavy atom. The second kappa shape index (κ2) is 8.44. The molecule has 31 heavy (non-hydrogen) atoms. The molecule has 3 aromatic rings. The average molecular weight is 415 g/mol. The summed E-state index contributed by atoms with van der Waals surface area (Å²) in [6.45, 7) is 3.94. The van der Waals surface area contributed by atoms with E-state index in [2.05, 4.69) is 13.8 Å². The van der Waals surface area contributed by atoms with Crippen molar-refractivity contribution in [2.45, 2.75) is 19.8 Å². The smallest absolute Gasteiger partial charge is 0.349 e. The van der Waals surface area contributed by atoms with Crippen LogP contribution in [0.2, 0.25) is 0 Å². The summed E-state index contributed by atoms with van der Waals surface area (Å²) in [6, 6.07) is 20.5. The van der Waals surface area contributed by atoms with Crippen molar-refractivity contribution in [1.82, 2.24) is 0 Å². The van der Waals surface area contributed by atoms with Crippen molar-refractivity contribution in [1.29, 1.82) is 0 Å². The lowest BCUT2D eigenvalue weighted by molar-refractivity contribution is -0.136. The quantitative estimate of drug-likeness (QED) is 0.334. The molecule has 4 rings (SSSR count). The predicted molar refractivity (Wildman–Crippen MR) is 116 cm³/mol. The van der Waals surface area contributed by atoms with Gasteiger partial charge in [-0.25, -0.2) is 9.69 Å². The predicted octanol–water partition coefficient (Wildman–Crippen LogP) is 4.60. The summed E-state index contributed by atoms with van der Waals surface area (Å²) in [5.41, 5.74) is 2.22. The van der Waals surface area contributed by atoms with Crippen molar-refractivity contribution in [3.63, 3.8) is 0 Å². The molecule has 1 aliphatic heterocycles. The van der Waals surface area contributed by atoms with E-state index >= 15 is 0 Å². The molecule has 2 amide bonds. The molecule has 0 atom stereocenters. The second-order valence-corrected chi connectivity index (χ2v) is 7.48. The van der Waals surface area contributed by atoms with Crippen LogP contribution in [0.15, 0.2) is 72.8 Å². The summed E-state index contributed by atoms with van der Waals surface area (Å²) in [7, 11) is 0. The number of fused-ring (bicyclic) bond motifs is 1. The Morgan fingerprint density at radius 3 is 2.10 bits per heavy atom. The molecule has 0 aromatic heterocycles. The highest BCUT2D eigenvalue weighted by atomic mass is 16.6. The minimum absolute atomic E-state index is 0.220. The Labute approximate surface area is 180 Å². The average Bonchev–Trinajstić information content (AvgIpc) is 3.03. The number of carbonyl (C=O) groups is 3. The van der Waals surface area contributed by atoms with Gasteiger partial charge in [0, 0.05) is 6.07 Å². The number of imide groups is 1. The maximum atomic E-state index is 12.6. The molecule has 1 heterocycles. The van der Waals surface area contributed by atoms with Crippen LogP contribution >= 0.6 is 0 Å². The van der Waals surface area contributed by atoms with Gasteiger partial charge in [-0.2, -0.15) is 0 Å². The summed E-state index contributed by atoms with van der Waals surface area (Å²) >= 11 is 0. The molecule has 3 aromatic carbocycles. The van der Waals surface area contributed by atoms with Crippen LogP contribution in [0.25, 0.3) is 0 Å². The highest BCUT2D eigenvalue weighted by Crippen LogP contribution is 2.30. The fraction of sp³-hybridized carbons (Fsp3) is 0.160. The van der Waals surface area contributed by atoms with Crippen LogP contribution < -0.4 is 14.4 Å². The molecular formula is C25H21NO5. The van der Waals surface area contributed by atoms with Gasteiger partial charge in [-0.3, -0.25) is 9.59 Å². The lowest BCUT2D eigenvalue weighted by Crippen LogP contribution is -2.29. The Hall–Kier alpha value is -3.93. The highest BCUT2D eigenvalue weighted by molar-refractivity contribution is 6.34. The molecular weight excluding hydrogens is 394 g/mol. The zero-order valence-electron chi connectivity index (χ0n) is 17.2. The van der Waals surface area contributed by atoms with Gasteiger partial charge in [-0.1, -0.05) is 44.2 Å². The molecule has 1 aliphatic rings. The van der Waals surface area contributed by atoms with Crippen LogP contribution in [-0.2, 0) is 4.79 Å². The van der Waals surface area contributed by atoms with Crippen molar-refractivity contribution < 1.29 is 23.9 Å². The molecule has 0 aliphatic carbocycles. The van der Waals surface area contributed by atoms with E-state index in [0.29, 0.717) is 28.5 Å². The van der Waals surface area contributed by atoms with Crippen LogP contribution in [0, 0.1) is 0 Å². The first-order chi connectivity index (χ1) is 14.9. The van der Waals surface area contributed by atoms with E-state index in [0.717, 1.165) is 4.90 Å². The normalized spacial score (nSPS) is 12.8. The van der Waals surface area contributed by atoms with Crippen LogP contribution in [0.4, 0.5) is 5.69 Å². The van der Waals surface area contributed by atoms with Crippen molar-refractivity contribution >= 4 is 23.5 Å². The molecule has 156 valence electrons. The number of nitrogens with zero attached hydrogens (tertiary/aromatic N) is 1. The SMILES string of the molecule is CC(C)c1ccc(OCC(=O)Oc2cccc(N3C(=O)c4ccccc4C3=O)c2)cc1. The standard InChI is InChI=1S/C25H21NO5/c1-16(2)17-10-12-19(13-11-17)30-15-23(27)31-20-7-5-6-18(14-20)26-24(28)21-8-3-4-9-22(21)25(26)29/h3-14,16H,15H2,1-2H3. The van der Waals surface area contributed by atoms with Gasteiger partial charge in [0.2, 0.25) is 0 Å². The molecule has 0 bridgehead atoms. The Morgan fingerprint density at radius 1 is 0.839 bits per heavy atom. The van der Waals surface area contributed by atoms with Crippen LogP contribution in [0.3, 0.4) is 0 Å². The van der Waals surface area contributed by atoms with Gasteiger partial charge in [-0.05, 0) is 47.9 Å². The molecule has 6 nitrogen and oxygen atoms in total. The summed E-state index contributed by atoms with van der Waals surface area (Å²) < 4.78 is 10.8. The Balaban J connectivity index is 1.41. The zero-order valence-corrected chi connectivity index (χ0v) is 17.2. The summed E-state index contributed by atoms with van der Waals surface area (Å²) in [4.78, 5) is 38.6. The van der Waals surface area contributed by atoms with E-state index in [-0.39, 0.29) is 12.4 Å². The van der Waals surface area contributed by atoms with E-state index in [4.69, 9.17) is 9.47 Å². The Bertz CT molecular complexity index is 1120. The monoisotopic (exact) mass is 415 g/mol. The van der Waals surface area contributed by atoms with E-state index in [1.807, 2.05) is 24.3 Å². The number of esters is 1. The van der Waals surface area contributed by atoms with E-state index in [1.165, 1.54) is 11.6 Å². The molecule has 0 saturated heterocycles. The van der Waals surface area contributed by atoms with Crippen molar-refractivity contribution in [2.75, 3.05) is 11.5 Å². The molecule has 0 fully saturated rings. The van der Waals surface area contributed by atoms with Gasteiger partial charge in [-0.15, -0.1) is 0 Å². The first-order valence-corrected chi connectivity index (χ1v) is 9.95. The number of amides is 2. The van der Waals surface area contributed by atoms with Gasteiger partial charge in [0.15, 0.2) is 6.61 Å². The lowest BCUT2D eigenvalue weighted by atomic mass is 10.0. The summed E-state index contributed by atoms with van der Waals surface area (Å²) in [5.74, 6) is -0.200. The number of carbonyl (C=O) groups excluding carboxylic acids is 3. The number of rotatable bonds is 6. The minimum atomic E-state index is -0.590.